The van der Waals surface area contributed by atoms with Crippen molar-refractivity contribution in [1.82, 2.24) is 5.32 Å². The molecule has 19 heavy (non-hydrogen) atoms. The Labute approximate surface area is 119 Å². The molecule has 0 radical (unpaired) electrons. The molecule has 1 N–H and O–H groups in total. The van der Waals surface area contributed by atoms with Crippen LogP contribution < -0.4 is 10.1 Å². The van der Waals surface area contributed by atoms with Gasteiger partial charge in [-0.2, -0.15) is 0 Å². The molecular formula is C17H31NO. The van der Waals surface area contributed by atoms with Crippen molar-refractivity contribution in [3.63, 3.8) is 0 Å². The zero-order valence-corrected chi connectivity index (χ0v) is 13.5. The summed E-state index contributed by atoms with van der Waals surface area (Å²) in [6, 6.07) is 6.61. The van der Waals surface area contributed by atoms with Gasteiger partial charge in [-0.25, -0.2) is 0 Å². The van der Waals surface area contributed by atoms with Crippen LogP contribution in [0.5, 0.6) is 5.75 Å². The maximum atomic E-state index is 5.36. The van der Waals surface area contributed by atoms with Crippen LogP contribution in [0, 0.1) is 6.92 Å². The van der Waals surface area contributed by atoms with Crippen molar-refractivity contribution in [2.24, 2.45) is 0 Å². The lowest BCUT2D eigenvalue weighted by molar-refractivity contribution is 0.408. The number of benzene rings is 1. The number of ether oxygens (including phenoxy) is 1. The van der Waals surface area contributed by atoms with Crippen molar-refractivity contribution in [3.05, 3.63) is 29.3 Å². The maximum Gasteiger partial charge on any atom is 0.122 e. The number of aryl methyl sites for hydroxylation is 1. The Bertz CT molecular complexity index is 330. The molecule has 0 amide bonds. The molecule has 0 unspecified atom stereocenters. The van der Waals surface area contributed by atoms with Crippen molar-refractivity contribution in [3.8, 4) is 5.75 Å². The lowest BCUT2D eigenvalue weighted by atomic mass is 9.89. The summed E-state index contributed by atoms with van der Waals surface area (Å²) in [5, 5.41) is 3.39. The first-order valence-corrected chi connectivity index (χ1v) is 7.66. The van der Waals surface area contributed by atoms with Gasteiger partial charge in [0, 0.05) is 0 Å². The van der Waals surface area contributed by atoms with Crippen LogP contribution in [0.15, 0.2) is 18.2 Å². The summed E-state index contributed by atoms with van der Waals surface area (Å²) >= 11 is 0. The van der Waals surface area contributed by atoms with Crippen LogP contribution in [0.3, 0.4) is 0 Å². The highest BCUT2D eigenvalue weighted by Crippen LogP contribution is 2.29. The number of hydrogen-bond donors (Lipinski definition) is 1. The quantitative estimate of drug-likeness (QED) is 0.848. The van der Waals surface area contributed by atoms with Crippen LogP contribution in [-0.2, 0) is 0 Å². The molecule has 1 aliphatic heterocycles. The van der Waals surface area contributed by atoms with Crippen LogP contribution in [0.1, 0.15) is 57.6 Å². The van der Waals surface area contributed by atoms with Crippen LogP contribution in [0.25, 0.3) is 0 Å². The third-order valence-electron chi connectivity index (χ3n) is 3.24. The van der Waals surface area contributed by atoms with E-state index in [2.05, 4.69) is 30.4 Å². The number of rotatable bonds is 2. The van der Waals surface area contributed by atoms with E-state index in [4.69, 9.17) is 4.74 Å². The zero-order valence-electron chi connectivity index (χ0n) is 13.5. The van der Waals surface area contributed by atoms with Gasteiger partial charge in [0.1, 0.15) is 5.75 Å². The van der Waals surface area contributed by atoms with E-state index in [0.717, 1.165) is 18.8 Å². The van der Waals surface area contributed by atoms with Gasteiger partial charge < -0.3 is 10.1 Å². The van der Waals surface area contributed by atoms with E-state index in [0.29, 0.717) is 5.92 Å². The first-order chi connectivity index (χ1) is 9.31. The number of piperidine rings is 1. The van der Waals surface area contributed by atoms with E-state index >= 15 is 0 Å². The summed E-state index contributed by atoms with van der Waals surface area (Å²) in [7, 11) is 1.74. The molecule has 1 fully saturated rings. The summed E-state index contributed by atoms with van der Waals surface area (Å²) in [5.74, 6) is 1.73. The third kappa shape index (κ3) is 5.65. The Morgan fingerprint density at radius 3 is 2.16 bits per heavy atom. The van der Waals surface area contributed by atoms with Crippen molar-refractivity contribution in [2.75, 3.05) is 20.2 Å². The fourth-order valence-corrected chi connectivity index (χ4v) is 2.25. The third-order valence-corrected chi connectivity index (χ3v) is 3.24. The second-order valence-corrected chi connectivity index (χ2v) is 4.25. The molecule has 0 aromatic heterocycles. The summed E-state index contributed by atoms with van der Waals surface area (Å²) in [6.07, 6.45) is 2.48. The molecule has 2 nitrogen and oxygen atoms in total. The summed E-state index contributed by atoms with van der Waals surface area (Å²) in [4.78, 5) is 0. The first-order valence-electron chi connectivity index (χ1n) is 7.66. The van der Waals surface area contributed by atoms with Gasteiger partial charge in [-0.1, -0.05) is 39.8 Å². The minimum Gasteiger partial charge on any atom is -0.496 e. The molecule has 1 aromatic rings. The van der Waals surface area contributed by atoms with Crippen LogP contribution >= 0.6 is 0 Å². The number of methoxy groups -OCH3 is 1. The predicted molar refractivity (Wildman–Crippen MR) is 85.3 cm³/mol. The van der Waals surface area contributed by atoms with Gasteiger partial charge in [0.25, 0.3) is 0 Å². The van der Waals surface area contributed by atoms with E-state index in [1.807, 2.05) is 27.7 Å². The topological polar surface area (TPSA) is 21.3 Å². The van der Waals surface area contributed by atoms with E-state index in [9.17, 15) is 0 Å². The van der Waals surface area contributed by atoms with Crippen LogP contribution in [-0.4, -0.2) is 20.2 Å². The molecule has 1 saturated heterocycles. The van der Waals surface area contributed by atoms with Gasteiger partial charge in [0.05, 0.1) is 7.11 Å². The smallest absolute Gasteiger partial charge is 0.122 e. The van der Waals surface area contributed by atoms with Gasteiger partial charge in [0.15, 0.2) is 0 Å². The van der Waals surface area contributed by atoms with E-state index in [1.165, 1.54) is 24.0 Å². The van der Waals surface area contributed by atoms with Gasteiger partial charge in [-0.15, -0.1) is 0 Å². The number of nitrogens with one attached hydrogen (secondary N) is 1. The molecule has 0 bridgehead atoms. The van der Waals surface area contributed by atoms with E-state index in [1.54, 1.807) is 7.11 Å². The molecule has 110 valence electrons. The summed E-state index contributed by atoms with van der Waals surface area (Å²) in [5.41, 5.74) is 2.65. The maximum absolute atomic E-state index is 5.36. The SMILES string of the molecule is CC.CC.COc1cc(C2CCNCC2)ccc1C. The summed E-state index contributed by atoms with van der Waals surface area (Å²) < 4.78 is 5.36. The van der Waals surface area contributed by atoms with Gasteiger partial charge in [-0.05, 0) is 56.0 Å². The highest BCUT2D eigenvalue weighted by atomic mass is 16.5. The van der Waals surface area contributed by atoms with Crippen LogP contribution in [0.2, 0.25) is 0 Å². The molecule has 2 rings (SSSR count). The zero-order chi connectivity index (χ0) is 14.7. The lowest BCUT2D eigenvalue weighted by Gasteiger charge is -2.23. The fourth-order valence-electron chi connectivity index (χ4n) is 2.25. The largest absolute Gasteiger partial charge is 0.496 e. The Morgan fingerprint density at radius 2 is 1.63 bits per heavy atom. The first kappa shape index (κ1) is 18.0. The molecular weight excluding hydrogens is 234 g/mol. The van der Waals surface area contributed by atoms with Crippen molar-refractivity contribution < 1.29 is 4.74 Å². The molecule has 0 atom stereocenters. The van der Waals surface area contributed by atoms with Gasteiger partial charge in [-0.3, -0.25) is 0 Å². The Kier molecular flexibility index (Phi) is 10.3. The van der Waals surface area contributed by atoms with Crippen molar-refractivity contribution in [1.29, 1.82) is 0 Å². The average molecular weight is 265 g/mol. The highest BCUT2D eigenvalue weighted by molar-refractivity contribution is 5.38. The minimum absolute atomic E-state index is 0.709. The second kappa shape index (κ2) is 10.9. The Hall–Kier alpha value is -1.02. The molecule has 1 aromatic carbocycles. The Morgan fingerprint density at radius 1 is 1.05 bits per heavy atom. The normalized spacial score (nSPS) is 14.6. The summed E-state index contributed by atoms with van der Waals surface area (Å²) in [6.45, 7) is 12.4. The highest BCUT2D eigenvalue weighted by Gasteiger charge is 2.15. The standard InChI is InChI=1S/C13H19NO.2C2H6/c1-10-3-4-12(9-13(10)15-2)11-5-7-14-8-6-11;2*1-2/h3-4,9,11,14H,5-8H2,1-2H3;2*1-2H3. The molecule has 0 saturated carbocycles. The van der Waals surface area contributed by atoms with Crippen molar-refractivity contribution >= 4 is 0 Å². The Balaban J connectivity index is 0.000000741. The second-order valence-electron chi connectivity index (χ2n) is 4.25. The van der Waals surface area contributed by atoms with Gasteiger partial charge >= 0.3 is 0 Å². The fraction of sp³-hybridized carbons (Fsp3) is 0.647. The van der Waals surface area contributed by atoms with Crippen molar-refractivity contribution in [2.45, 2.75) is 53.4 Å². The monoisotopic (exact) mass is 265 g/mol. The van der Waals surface area contributed by atoms with Crippen LogP contribution in [0.4, 0.5) is 0 Å². The van der Waals surface area contributed by atoms with E-state index < -0.39 is 0 Å². The molecule has 2 heteroatoms. The van der Waals surface area contributed by atoms with E-state index in [-0.39, 0.29) is 0 Å². The minimum atomic E-state index is 0.709. The molecule has 0 aliphatic carbocycles. The number of hydrogen-bond acceptors (Lipinski definition) is 2. The van der Waals surface area contributed by atoms with Gasteiger partial charge in [0.2, 0.25) is 0 Å². The molecule has 1 aliphatic rings. The molecule has 1 heterocycles. The lowest BCUT2D eigenvalue weighted by Crippen LogP contribution is -2.26. The molecule has 0 spiro atoms. The average Bonchev–Trinajstić information content (AvgIpc) is 2.52. The predicted octanol–water partition coefficient (Wildman–Crippen LogP) is 4.52.